The molecular formula is C18H16. The average molecular weight is 232 g/mol. The first kappa shape index (κ1) is 9.38. The molecule has 0 aromatic heterocycles. The van der Waals surface area contributed by atoms with Crippen molar-refractivity contribution in [3.05, 3.63) is 59.7 Å². The number of hydrogen-bond donors (Lipinski definition) is 0. The monoisotopic (exact) mass is 232 g/mol. The molecule has 18 heavy (non-hydrogen) atoms. The Hall–Kier alpha value is -1.56. The minimum atomic E-state index is 0.820. The highest BCUT2D eigenvalue weighted by atomic mass is 14.5. The lowest BCUT2D eigenvalue weighted by Gasteiger charge is -2.21. The van der Waals surface area contributed by atoms with Crippen LogP contribution in [-0.4, -0.2) is 0 Å². The average Bonchev–Trinajstić information content (AvgIpc) is 3.09. The van der Waals surface area contributed by atoms with Crippen molar-refractivity contribution in [1.82, 2.24) is 0 Å². The Morgan fingerprint density at radius 3 is 2.78 bits per heavy atom. The van der Waals surface area contributed by atoms with Crippen LogP contribution in [0.1, 0.15) is 23.5 Å². The van der Waals surface area contributed by atoms with Gasteiger partial charge in [-0.1, -0.05) is 48.6 Å². The lowest BCUT2D eigenvalue weighted by Crippen LogP contribution is -2.12. The summed E-state index contributed by atoms with van der Waals surface area (Å²) in [5, 5.41) is 2.94. The molecule has 2 aromatic rings. The molecule has 0 aliphatic heterocycles. The zero-order chi connectivity index (χ0) is 11.7. The van der Waals surface area contributed by atoms with Gasteiger partial charge < -0.3 is 0 Å². The van der Waals surface area contributed by atoms with Crippen LogP contribution >= 0.6 is 0 Å². The molecule has 0 heteroatoms. The highest BCUT2D eigenvalue weighted by Gasteiger charge is 2.49. The highest BCUT2D eigenvalue weighted by molar-refractivity contribution is 5.88. The van der Waals surface area contributed by atoms with Gasteiger partial charge in [0.1, 0.15) is 0 Å². The first-order valence-corrected chi connectivity index (χ1v) is 7.11. The van der Waals surface area contributed by atoms with Gasteiger partial charge in [-0.15, -0.1) is 0 Å². The molecular weight excluding hydrogens is 216 g/mol. The van der Waals surface area contributed by atoms with Crippen molar-refractivity contribution < 1.29 is 0 Å². The third-order valence-corrected chi connectivity index (χ3v) is 5.47. The van der Waals surface area contributed by atoms with Gasteiger partial charge in [0.25, 0.3) is 0 Å². The Morgan fingerprint density at radius 1 is 0.889 bits per heavy atom. The van der Waals surface area contributed by atoms with Crippen LogP contribution in [-0.2, 0) is 6.42 Å². The van der Waals surface area contributed by atoms with Gasteiger partial charge in [0, 0.05) is 0 Å². The summed E-state index contributed by atoms with van der Waals surface area (Å²) in [5.74, 6) is 3.42. The summed E-state index contributed by atoms with van der Waals surface area (Å²) in [7, 11) is 0. The van der Waals surface area contributed by atoms with E-state index in [-0.39, 0.29) is 0 Å². The van der Waals surface area contributed by atoms with Gasteiger partial charge in [0.2, 0.25) is 0 Å². The molecule has 0 N–H and O–H groups in total. The third-order valence-electron chi connectivity index (χ3n) is 5.47. The van der Waals surface area contributed by atoms with Gasteiger partial charge in [-0.25, -0.2) is 0 Å². The topological polar surface area (TPSA) is 0 Å². The number of benzene rings is 2. The summed E-state index contributed by atoms with van der Waals surface area (Å²) >= 11 is 0. The SMILES string of the molecule is C1=CC2CC1C1Cc3ccc4ccccc4c3C21. The van der Waals surface area contributed by atoms with Crippen LogP contribution in [0, 0.1) is 17.8 Å². The van der Waals surface area contributed by atoms with Gasteiger partial charge in [-0.3, -0.25) is 0 Å². The van der Waals surface area contributed by atoms with E-state index < -0.39 is 0 Å². The summed E-state index contributed by atoms with van der Waals surface area (Å²) in [4.78, 5) is 0. The van der Waals surface area contributed by atoms with Crippen molar-refractivity contribution >= 4 is 10.8 Å². The Labute approximate surface area is 107 Å². The van der Waals surface area contributed by atoms with E-state index in [1.165, 1.54) is 23.6 Å². The zero-order valence-electron chi connectivity index (χ0n) is 10.3. The van der Waals surface area contributed by atoms with Crippen LogP contribution in [0.2, 0.25) is 0 Å². The highest BCUT2D eigenvalue weighted by Crippen LogP contribution is 2.59. The van der Waals surface area contributed by atoms with Gasteiger partial charge in [0.05, 0.1) is 0 Å². The van der Waals surface area contributed by atoms with Gasteiger partial charge in [-0.2, -0.15) is 0 Å². The molecule has 0 heterocycles. The van der Waals surface area contributed by atoms with Crippen LogP contribution < -0.4 is 0 Å². The van der Waals surface area contributed by atoms with E-state index in [2.05, 4.69) is 48.6 Å². The van der Waals surface area contributed by atoms with Crippen molar-refractivity contribution in [3.63, 3.8) is 0 Å². The maximum atomic E-state index is 2.49. The van der Waals surface area contributed by atoms with Gasteiger partial charge in [-0.05, 0) is 58.4 Å². The number of hydrogen-bond acceptors (Lipinski definition) is 0. The second-order valence-electron chi connectivity index (χ2n) is 6.20. The van der Waals surface area contributed by atoms with E-state index in [4.69, 9.17) is 0 Å². The second kappa shape index (κ2) is 3.06. The minimum absolute atomic E-state index is 0.820. The van der Waals surface area contributed by atoms with E-state index in [9.17, 15) is 0 Å². The van der Waals surface area contributed by atoms with Crippen molar-refractivity contribution in [2.75, 3.05) is 0 Å². The Balaban J connectivity index is 1.82. The first-order chi connectivity index (χ1) is 8.92. The predicted octanol–water partition coefficient (Wildman–Crippen LogP) is 4.30. The quantitative estimate of drug-likeness (QED) is 0.594. The minimum Gasteiger partial charge on any atom is -0.0848 e. The van der Waals surface area contributed by atoms with E-state index in [1.807, 2.05) is 0 Å². The maximum absolute atomic E-state index is 2.49. The van der Waals surface area contributed by atoms with E-state index >= 15 is 0 Å². The predicted molar refractivity (Wildman–Crippen MR) is 74.6 cm³/mol. The van der Waals surface area contributed by atoms with Crippen LogP contribution in [0.15, 0.2) is 48.6 Å². The molecule has 0 saturated heterocycles. The standard InChI is InChI=1S/C18H16/c1-2-4-15-11(3-1)5-7-14-10-16-12-6-8-13(9-12)18(16)17(14)15/h1-8,12-13,16,18H,9-10H2. The zero-order valence-corrected chi connectivity index (χ0v) is 10.3. The molecule has 4 atom stereocenters. The van der Waals surface area contributed by atoms with Crippen LogP contribution in [0.3, 0.4) is 0 Å². The lowest BCUT2D eigenvalue weighted by molar-refractivity contribution is 0.427. The molecule has 2 bridgehead atoms. The normalized spacial score (nSPS) is 35.1. The van der Waals surface area contributed by atoms with E-state index in [0.29, 0.717) is 0 Å². The molecule has 0 spiro atoms. The molecule has 3 aliphatic rings. The van der Waals surface area contributed by atoms with Crippen molar-refractivity contribution in [1.29, 1.82) is 0 Å². The summed E-state index contributed by atoms with van der Waals surface area (Å²) in [6.07, 6.45) is 7.71. The van der Waals surface area contributed by atoms with Crippen LogP contribution in [0.5, 0.6) is 0 Å². The number of rotatable bonds is 0. The first-order valence-electron chi connectivity index (χ1n) is 7.11. The smallest absolute Gasteiger partial charge is 0.00528 e. The van der Waals surface area contributed by atoms with E-state index in [1.54, 1.807) is 11.1 Å². The van der Waals surface area contributed by atoms with Crippen LogP contribution in [0.25, 0.3) is 10.8 Å². The van der Waals surface area contributed by atoms with Crippen LogP contribution in [0.4, 0.5) is 0 Å². The third kappa shape index (κ3) is 0.986. The fourth-order valence-electron chi connectivity index (χ4n) is 4.80. The molecule has 0 nitrogen and oxygen atoms in total. The molecule has 0 radical (unpaired) electrons. The molecule has 4 unspecified atom stereocenters. The summed E-state index contributed by atoms with van der Waals surface area (Å²) in [5.41, 5.74) is 3.32. The van der Waals surface area contributed by atoms with Gasteiger partial charge in [0.15, 0.2) is 0 Å². The molecule has 2 aromatic carbocycles. The number of allylic oxidation sites excluding steroid dienone is 2. The Morgan fingerprint density at radius 2 is 1.78 bits per heavy atom. The van der Waals surface area contributed by atoms with Crippen molar-refractivity contribution in [3.8, 4) is 0 Å². The largest absolute Gasteiger partial charge is 0.0848 e. The summed E-state index contributed by atoms with van der Waals surface area (Å²) in [6, 6.07) is 13.6. The maximum Gasteiger partial charge on any atom is -0.00528 e. The molecule has 0 amide bonds. The van der Waals surface area contributed by atoms with Gasteiger partial charge >= 0.3 is 0 Å². The van der Waals surface area contributed by atoms with Crippen molar-refractivity contribution in [2.45, 2.75) is 18.8 Å². The fraction of sp³-hybridized carbons (Fsp3) is 0.333. The molecule has 88 valence electrons. The fourth-order valence-corrected chi connectivity index (χ4v) is 4.80. The molecule has 1 saturated carbocycles. The Kier molecular flexibility index (Phi) is 1.59. The summed E-state index contributed by atoms with van der Waals surface area (Å²) < 4.78 is 0. The van der Waals surface area contributed by atoms with E-state index in [0.717, 1.165) is 23.7 Å². The molecule has 3 aliphatic carbocycles. The molecule has 1 fully saturated rings. The number of fused-ring (bicyclic) bond motifs is 9. The molecule has 5 rings (SSSR count). The lowest BCUT2D eigenvalue weighted by atomic mass is 9.82. The Bertz CT molecular complexity index is 679. The van der Waals surface area contributed by atoms with Crippen molar-refractivity contribution in [2.24, 2.45) is 17.8 Å². The summed E-state index contributed by atoms with van der Waals surface area (Å²) in [6.45, 7) is 0. The second-order valence-corrected chi connectivity index (χ2v) is 6.20.